The Morgan fingerprint density at radius 2 is 2.18 bits per heavy atom. The van der Waals surface area contributed by atoms with E-state index in [4.69, 9.17) is 4.42 Å². The number of carboxylic acid groups (broad SMARTS) is 1. The maximum atomic E-state index is 12.7. The Bertz CT molecular complexity index is 801. The molecule has 0 bridgehead atoms. The Labute approximate surface area is 127 Å². The van der Waals surface area contributed by atoms with Crippen LogP contribution in [0.1, 0.15) is 52.6 Å². The molecule has 0 fully saturated rings. The lowest BCUT2D eigenvalue weighted by molar-refractivity contribution is -0.138. The van der Waals surface area contributed by atoms with Gasteiger partial charge in [0.1, 0.15) is 0 Å². The summed E-state index contributed by atoms with van der Waals surface area (Å²) < 4.78 is 5.58. The van der Waals surface area contributed by atoms with Crippen LogP contribution in [0.25, 0.3) is 0 Å². The molecular formula is C18H16O4. The van der Waals surface area contributed by atoms with Crippen molar-refractivity contribution in [2.45, 2.75) is 31.6 Å². The second-order valence-electron chi connectivity index (χ2n) is 6.38. The quantitative estimate of drug-likeness (QED) is 0.924. The lowest BCUT2D eigenvalue weighted by Crippen LogP contribution is -2.43. The predicted octanol–water partition coefficient (Wildman–Crippen LogP) is 3.17. The van der Waals surface area contributed by atoms with E-state index in [1.54, 1.807) is 12.3 Å². The number of furan rings is 1. The van der Waals surface area contributed by atoms with E-state index in [2.05, 4.69) is 6.92 Å². The molecule has 2 aliphatic rings. The minimum atomic E-state index is -0.797. The lowest BCUT2D eigenvalue weighted by Gasteiger charge is -2.44. The zero-order valence-corrected chi connectivity index (χ0v) is 12.3. The first-order chi connectivity index (χ1) is 10.5. The Morgan fingerprint density at radius 3 is 2.95 bits per heavy atom. The zero-order valence-electron chi connectivity index (χ0n) is 12.3. The summed E-state index contributed by atoms with van der Waals surface area (Å²) in [5.74, 6) is -0.534. The van der Waals surface area contributed by atoms with Gasteiger partial charge in [-0.2, -0.15) is 0 Å². The third kappa shape index (κ3) is 1.52. The minimum Gasteiger partial charge on any atom is -0.481 e. The van der Waals surface area contributed by atoms with Crippen molar-refractivity contribution in [1.29, 1.82) is 0 Å². The number of carbonyl (C=O) groups is 2. The van der Waals surface area contributed by atoms with E-state index in [0.29, 0.717) is 11.3 Å². The standard InChI is InChI=1S/C18H16O4/c1-18-11(8-14(19)20)7-6-10-9-22-17(15(10)18)16(21)12-4-2-3-5-13(12)18/h2-5,9,11H,6-8H2,1H3,(H,19,20)/t11-,18-/m1/s1. The first kappa shape index (κ1) is 13.3. The molecule has 1 aromatic heterocycles. The van der Waals surface area contributed by atoms with E-state index in [9.17, 15) is 14.7 Å². The topological polar surface area (TPSA) is 67.5 Å². The number of carbonyl (C=O) groups excluding carboxylic acids is 1. The van der Waals surface area contributed by atoms with Gasteiger partial charge in [0.05, 0.1) is 6.26 Å². The number of hydrogen-bond donors (Lipinski definition) is 1. The van der Waals surface area contributed by atoms with E-state index in [1.165, 1.54) is 0 Å². The van der Waals surface area contributed by atoms with Gasteiger partial charge in [0.2, 0.25) is 5.78 Å². The fourth-order valence-corrected chi connectivity index (χ4v) is 4.26. The normalized spacial score (nSPS) is 25.5. The molecule has 4 heteroatoms. The van der Waals surface area contributed by atoms with Crippen molar-refractivity contribution in [3.8, 4) is 0 Å². The van der Waals surface area contributed by atoms with Crippen molar-refractivity contribution < 1.29 is 19.1 Å². The summed E-state index contributed by atoms with van der Waals surface area (Å²) in [5.41, 5.74) is 3.05. The summed E-state index contributed by atoms with van der Waals surface area (Å²) in [5, 5.41) is 9.29. The van der Waals surface area contributed by atoms with Crippen molar-refractivity contribution in [3.63, 3.8) is 0 Å². The number of aryl methyl sites for hydroxylation is 1. The van der Waals surface area contributed by atoms with E-state index >= 15 is 0 Å². The summed E-state index contributed by atoms with van der Waals surface area (Å²) in [6, 6.07) is 7.51. The van der Waals surface area contributed by atoms with Gasteiger partial charge in [-0.1, -0.05) is 31.2 Å². The van der Waals surface area contributed by atoms with Crippen LogP contribution in [-0.4, -0.2) is 16.9 Å². The molecule has 2 aliphatic carbocycles. The average molecular weight is 296 g/mol. The maximum absolute atomic E-state index is 12.7. The summed E-state index contributed by atoms with van der Waals surface area (Å²) in [4.78, 5) is 24.0. The molecule has 1 heterocycles. The number of ketones is 1. The van der Waals surface area contributed by atoms with Crippen molar-refractivity contribution in [2.24, 2.45) is 5.92 Å². The smallest absolute Gasteiger partial charge is 0.303 e. The fourth-order valence-electron chi connectivity index (χ4n) is 4.26. The van der Waals surface area contributed by atoms with Gasteiger partial charge in [-0.3, -0.25) is 9.59 Å². The molecule has 0 amide bonds. The second kappa shape index (κ2) is 4.32. The van der Waals surface area contributed by atoms with Crippen molar-refractivity contribution in [2.75, 3.05) is 0 Å². The molecule has 0 saturated heterocycles. The van der Waals surface area contributed by atoms with Crippen LogP contribution < -0.4 is 0 Å². The molecule has 0 spiro atoms. The molecule has 1 N–H and O–H groups in total. The van der Waals surface area contributed by atoms with Crippen LogP contribution in [-0.2, 0) is 16.6 Å². The Balaban J connectivity index is 2.01. The summed E-state index contributed by atoms with van der Waals surface area (Å²) >= 11 is 0. The molecule has 22 heavy (non-hydrogen) atoms. The number of hydrogen-bond acceptors (Lipinski definition) is 3. The van der Waals surface area contributed by atoms with Gasteiger partial charge in [-0.25, -0.2) is 0 Å². The van der Waals surface area contributed by atoms with Crippen molar-refractivity contribution in [1.82, 2.24) is 0 Å². The van der Waals surface area contributed by atoms with Crippen LogP contribution in [0.15, 0.2) is 34.9 Å². The van der Waals surface area contributed by atoms with Gasteiger partial charge < -0.3 is 9.52 Å². The number of fused-ring (bicyclic) bond motifs is 2. The molecule has 4 rings (SSSR count). The van der Waals surface area contributed by atoms with Gasteiger partial charge in [-0.05, 0) is 29.9 Å². The van der Waals surface area contributed by atoms with Crippen LogP contribution in [0.5, 0.6) is 0 Å². The van der Waals surface area contributed by atoms with Crippen molar-refractivity contribution in [3.05, 3.63) is 58.5 Å². The number of benzene rings is 1. The predicted molar refractivity (Wildman–Crippen MR) is 79.1 cm³/mol. The molecule has 0 unspecified atom stereocenters. The number of aliphatic carboxylic acids is 1. The molecule has 0 aliphatic heterocycles. The van der Waals surface area contributed by atoms with Gasteiger partial charge in [0.25, 0.3) is 0 Å². The second-order valence-corrected chi connectivity index (χ2v) is 6.38. The minimum absolute atomic E-state index is 0.0388. The first-order valence-electron chi connectivity index (χ1n) is 7.50. The molecule has 2 atom stereocenters. The van der Waals surface area contributed by atoms with Crippen LogP contribution in [0, 0.1) is 5.92 Å². The zero-order chi connectivity index (χ0) is 15.5. The molecule has 0 saturated carbocycles. The highest BCUT2D eigenvalue weighted by atomic mass is 16.4. The van der Waals surface area contributed by atoms with E-state index in [-0.39, 0.29) is 18.1 Å². The third-order valence-corrected chi connectivity index (χ3v) is 5.32. The fraction of sp³-hybridized carbons (Fsp3) is 0.333. The SMILES string of the molecule is C[C@@]12c3ccccc3C(=O)c3occ(c31)CC[C@@H]2CC(=O)O. The van der Waals surface area contributed by atoms with Crippen LogP contribution in [0.4, 0.5) is 0 Å². The van der Waals surface area contributed by atoms with Crippen LogP contribution in [0.2, 0.25) is 0 Å². The molecule has 1 aromatic carbocycles. The van der Waals surface area contributed by atoms with Gasteiger partial charge in [-0.15, -0.1) is 0 Å². The molecular weight excluding hydrogens is 280 g/mol. The van der Waals surface area contributed by atoms with Crippen LogP contribution >= 0.6 is 0 Å². The highest BCUT2D eigenvalue weighted by molar-refractivity contribution is 6.11. The van der Waals surface area contributed by atoms with Crippen LogP contribution in [0.3, 0.4) is 0 Å². The Kier molecular flexibility index (Phi) is 2.61. The summed E-state index contributed by atoms with van der Waals surface area (Å²) in [6.07, 6.45) is 3.33. The van der Waals surface area contributed by atoms with E-state index in [1.807, 2.05) is 18.2 Å². The lowest BCUT2D eigenvalue weighted by atomic mass is 9.57. The number of carboxylic acids is 1. The molecule has 112 valence electrons. The number of rotatable bonds is 2. The van der Waals surface area contributed by atoms with Gasteiger partial charge in [0.15, 0.2) is 5.76 Å². The average Bonchev–Trinajstić information content (AvgIpc) is 2.93. The third-order valence-electron chi connectivity index (χ3n) is 5.32. The molecule has 4 nitrogen and oxygen atoms in total. The largest absolute Gasteiger partial charge is 0.481 e. The van der Waals surface area contributed by atoms with E-state index in [0.717, 1.165) is 29.5 Å². The molecule has 0 radical (unpaired) electrons. The van der Waals surface area contributed by atoms with Gasteiger partial charge in [0, 0.05) is 23.0 Å². The van der Waals surface area contributed by atoms with Gasteiger partial charge >= 0.3 is 5.97 Å². The monoisotopic (exact) mass is 296 g/mol. The summed E-state index contributed by atoms with van der Waals surface area (Å²) in [7, 11) is 0. The Hall–Kier alpha value is -2.36. The Morgan fingerprint density at radius 1 is 1.41 bits per heavy atom. The van der Waals surface area contributed by atoms with Crippen molar-refractivity contribution >= 4 is 11.8 Å². The van der Waals surface area contributed by atoms with E-state index < -0.39 is 11.4 Å². The highest BCUT2D eigenvalue weighted by Crippen LogP contribution is 2.53. The highest BCUT2D eigenvalue weighted by Gasteiger charge is 2.50. The maximum Gasteiger partial charge on any atom is 0.303 e. The molecule has 2 aromatic rings. The summed E-state index contributed by atoms with van der Waals surface area (Å²) in [6.45, 7) is 2.06. The first-order valence-corrected chi connectivity index (χ1v) is 7.50.